The van der Waals surface area contributed by atoms with Crippen molar-refractivity contribution in [1.82, 2.24) is 15.2 Å². The third-order valence-corrected chi connectivity index (χ3v) is 16.0. The van der Waals surface area contributed by atoms with Crippen LogP contribution in [0, 0.1) is 11.3 Å². The third kappa shape index (κ3) is 10.2. The van der Waals surface area contributed by atoms with Crippen molar-refractivity contribution in [2.75, 3.05) is 68.4 Å². The number of carbonyl (C=O) groups is 1. The maximum absolute atomic E-state index is 14.3. The van der Waals surface area contributed by atoms with Crippen LogP contribution in [0.15, 0.2) is 89.1 Å². The molecule has 15 heteroatoms. The Morgan fingerprint density at radius 2 is 1.86 bits per heavy atom. The third-order valence-electron chi connectivity index (χ3n) is 11.8. The standard InChI is InChI=1S/C44H55I2N7O5S/c1-5-6-30(2)38-26-44(3,4)15-11-33(38)29-50-17-19-51(20-18-50)34-7-9-37(41(24-34)58-35-23-32-12-16-52(45)42(32)49-28-35)43(54)53(46)59(55,56)36-8-10-40(39(47)25-36)48-27-31-13-21-57-22-14-31/h7-10,12,16,23-25,28,31,48H,2,5-6,11,13-15,17-22,26-27,29,47H2,1,3-4H3. The second-order valence-electron chi connectivity index (χ2n) is 16.7. The average Bonchev–Trinajstić information content (AvgIpc) is 3.60. The quantitative estimate of drug-likeness (QED) is 0.0715. The first-order valence-corrected chi connectivity index (χ1v) is 23.9. The van der Waals surface area contributed by atoms with E-state index in [0.717, 1.165) is 104 Å². The molecule has 2 fully saturated rings. The Morgan fingerprint density at radius 3 is 2.59 bits per heavy atom. The van der Waals surface area contributed by atoms with E-state index in [0.29, 0.717) is 29.3 Å². The van der Waals surface area contributed by atoms with Gasteiger partial charge in [0.25, 0.3) is 15.9 Å². The molecule has 4 aromatic rings. The maximum Gasteiger partial charge on any atom is 0.280 e. The predicted molar refractivity (Wildman–Crippen MR) is 253 cm³/mol. The van der Waals surface area contributed by atoms with Gasteiger partial charge < -0.3 is 25.4 Å². The highest BCUT2D eigenvalue weighted by molar-refractivity contribution is 14.1. The number of benzene rings is 2. The molecule has 2 aromatic heterocycles. The Bertz CT molecular complexity index is 2330. The van der Waals surface area contributed by atoms with Crippen molar-refractivity contribution in [3.05, 3.63) is 89.8 Å². The van der Waals surface area contributed by atoms with Gasteiger partial charge in [-0.15, -0.1) is 0 Å². The molecule has 7 rings (SSSR count). The van der Waals surface area contributed by atoms with Gasteiger partial charge in [0.05, 0.1) is 73.8 Å². The Kier molecular flexibility index (Phi) is 13.8. The van der Waals surface area contributed by atoms with E-state index in [1.807, 2.05) is 33.2 Å². The van der Waals surface area contributed by atoms with Gasteiger partial charge >= 0.3 is 0 Å². The summed E-state index contributed by atoms with van der Waals surface area (Å²) in [6, 6.07) is 13.7. The summed E-state index contributed by atoms with van der Waals surface area (Å²) in [5.41, 5.74) is 13.7. The molecule has 0 unspecified atom stereocenters. The van der Waals surface area contributed by atoms with Crippen LogP contribution in [0.2, 0.25) is 0 Å². The smallest absolute Gasteiger partial charge is 0.280 e. The van der Waals surface area contributed by atoms with Gasteiger partial charge in [-0.3, -0.25) is 12.5 Å². The summed E-state index contributed by atoms with van der Waals surface area (Å²) in [6.45, 7) is 18.0. The summed E-state index contributed by atoms with van der Waals surface area (Å²) in [5.74, 6) is 0.380. The Morgan fingerprint density at radius 1 is 1.10 bits per heavy atom. The minimum atomic E-state index is -4.30. The molecule has 2 saturated heterocycles. The number of nitrogens with zero attached hydrogens (tertiary/aromatic N) is 5. The van der Waals surface area contributed by atoms with E-state index >= 15 is 0 Å². The van der Waals surface area contributed by atoms with Crippen LogP contribution in [0.4, 0.5) is 17.1 Å². The number of nitrogen functional groups attached to an aromatic ring is 1. The predicted octanol–water partition coefficient (Wildman–Crippen LogP) is 9.61. The van der Waals surface area contributed by atoms with Crippen molar-refractivity contribution in [3.63, 3.8) is 0 Å². The number of fused-ring (bicyclic) bond motifs is 1. The number of piperazine rings is 1. The van der Waals surface area contributed by atoms with Gasteiger partial charge in [0.2, 0.25) is 0 Å². The number of rotatable bonds is 14. The molecular formula is C44H55I2N7O5S. The Labute approximate surface area is 376 Å². The molecule has 0 radical (unpaired) electrons. The lowest BCUT2D eigenvalue weighted by Crippen LogP contribution is -2.47. The molecule has 0 spiro atoms. The van der Waals surface area contributed by atoms with E-state index in [1.54, 1.807) is 41.2 Å². The minimum Gasteiger partial charge on any atom is -0.455 e. The number of carbonyl (C=O) groups excluding carboxylic acids is 1. The number of ether oxygens (including phenoxy) is 2. The molecule has 1 aliphatic carbocycles. The SMILES string of the molecule is C=C(CCC)C1=C(CN2CCN(c3ccc(C(=O)N(I)S(=O)(=O)c4ccc(NCC5CCOCC5)c(N)c4)c(Oc4cnc5c(ccn5I)c4)c3)CC2)CCC(C)(C)C1. The second-order valence-corrected chi connectivity index (χ2v) is 21.2. The average molecular weight is 1050 g/mol. The number of anilines is 3. The zero-order chi connectivity index (χ0) is 41.9. The number of sulfonamides is 1. The molecule has 12 nitrogen and oxygen atoms in total. The molecule has 2 aliphatic heterocycles. The zero-order valence-corrected chi connectivity index (χ0v) is 39.3. The van der Waals surface area contributed by atoms with Crippen molar-refractivity contribution >= 4 is 89.8 Å². The number of nitrogens with one attached hydrogen (secondary N) is 1. The highest BCUT2D eigenvalue weighted by atomic mass is 127. The van der Waals surface area contributed by atoms with Crippen LogP contribution >= 0.6 is 45.7 Å². The van der Waals surface area contributed by atoms with Crippen LogP contribution in [0.3, 0.4) is 0 Å². The van der Waals surface area contributed by atoms with E-state index in [2.05, 4.69) is 70.3 Å². The highest BCUT2D eigenvalue weighted by Gasteiger charge is 2.33. The lowest BCUT2D eigenvalue weighted by atomic mass is 9.72. The monoisotopic (exact) mass is 1050 g/mol. The summed E-state index contributed by atoms with van der Waals surface area (Å²) in [6.07, 6.45) is 11.0. The van der Waals surface area contributed by atoms with E-state index < -0.39 is 15.9 Å². The first kappa shape index (κ1) is 43.7. The minimum absolute atomic E-state index is 0.0845. The van der Waals surface area contributed by atoms with Crippen molar-refractivity contribution in [1.29, 1.82) is 0 Å². The number of aromatic nitrogens is 2. The van der Waals surface area contributed by atoms with Gasteiger partial charge in [-0.2, -0.15) is 2.52 Å². The van der Waals surface area contributed by atoms with E-state index in [1.165, 1.54) is 35.3 Å². The zero-order valence-electron chi connectivity index (χ0n) is 34.2. The molecule has 0 saturated carbocycles. The number of nitrogens with two attached hydrogens (primary N) is 1. The van der Waals surface area contributed by atoms with Crippen molar-refractivity contribution in [3.8, 4) is 11.5 Å². The molecule has 1 amide bonds. The van der Waals surface area contributed by atoms with Gasteiger partial charge in [0.1, 0.15) is 17.1 Å². The Balaban J connectivity index is 1.10. The number of pyridine rings is 1. The first-order valence-electron chi connectivity index (χ1n) is 20.5. The molecule has 3 aliphatic rings. The number of halogens is 2. The molecule has 0 atom stereocenters. The van der Waals surface area contributed by atoms with E-state index in [9.17, 15) is 13.2 Å². The number of hydrogen-bond donors (Lipinski definition) is 2. The maximum atomic E-state index is 14.3. The van der Waals surface area contributed by atoms with Crippen LogP contribution in [-0.2, 0) is 14.8 Å². The number of hydrogen-bond acceptors (Lipinski definition) is 10. The largest absolute Gasteiger partial charge is 0.455 e. The van der Waals surface area contributed by atoms with Gasteiger partial charge in [-0.05, 0) is 97.9 Å². The summed E-state index contributed by atoms with van der Waals surface area (Å²) >= 11 is 3.73. The molecular weight excluding hydrogens is 992 g/mol. The van der Waals surface area contributed by atoms with E-state index in [4.69, 9.17) is 15.2 Å². The van der Waals surface area contributed by atoms with Crippen LogP contribution < -0.4 is 20.7 Å². The topological polar surface area (TPSA) is 135 Å². The lowest BCUT2D eigenvalue weighted by Gasteiger charge is -2.39. The van der Waals surface area contributed by atoms with Crippen LogP contribution in [-0.4, -0.2) is 82.0 Å². The highest BCUT2D eigenvalue weighted by Crippen LogP contribution is 2.42. The summed E-state index contributed by atoms with van der Waals surface area (Å²) < 4.78 is 42.5. The molecule has 316 valence electrons. The lowest BCUT2D eigenvalue weighted by molar-refractivity contribution is 0.0699. The molecule has 3 N–H and O–H groups in total. The number of allylic oxidation sites excluding steroid dienone is 2. The van der Waals surface area contributed by atoms with Crippen molar-refractivity contribution in [2.45, 2.75) is 70.6 Å². The fraction of sp³-hybridized carbons (Fsp3) is 0.455. The molecule has 4 heterocycles. The van der Waals surface area contributed by atoms with Gasteiger partial charge in [0, 0.05) is 75.8 Å². The molecule has 2 aromatic carbocycles. The van der Waals surface area contributed by atoms with Crippen LogP contribution in [0.25, 0.3) is 11.0 Å². The van der Waals surface area contributed by atoms with Gasteiger partial charge in [0.15, 0.2) is 0 Å². The number of amides is 1. The van der Waals surface area contributed by atoms with Crippen molar-refractivity contribution < 1.29 is 22.7 Å². The molecule has 0 bridgehead atoms. The fourth-order valence-electron chi connectivity index (χ4n) is 8.26. The summed E-state index contributed by atoms with van der Waals surface area (Å²) in [7, 11) is -4.30. The fourth-order valence-corrected chi connectivity index (χ4v) is 10.8. The normalized spacial score (nSPS) is 17.9. The van der Waals surface area contributed by atoms with Crippen molar-refractivity contribution in [2.24, 2.45) is 11.3 Å². The molecule has 59 heavy (non-hydrogen) atoms. The van der Waals surface area contributed by atoms with Crippen LogP contribution in [0.5, 0.6) is 11.5 Å². The first-order chi connectivity index (χ1) is 28.2. The van der Waals surface area contributed by atoms with Gasteiger partial charge in [-0.25, -0.2) is 13.4 Å². The second kappa shape index (κ2) is 18.7. The van der Waals surface area contributed by atoms with E-state index in [-0.39, 0.29) is 21.9 Å². The summed E-state index contributed by atoms with van der Waals surface area (Å²) in [4.78, 5) is 23.6. The van der Waals surface area contributed by atoms with Gasteiger partial charge in [-0.1, -0.05) is 44.9 Å². The Hall–Kier alpha value is -3.39. The summed E-state index contributed by atoms with van der Waals surface area (Å²) in [5, 5.41) is 4.23. The van der Waals surface area contributed by atoms with Crippen LogP contribution in [0.1, 0.15) is 76.1 Å².